The summed E-state index contributed by atoms with van der Waals surface area (Å²) in [4.78, 5) is 0.336. The maximum absolute atomic E-state index is 13.7. The molecule has 0 unspecified atom stereocenters. The third-order valence-electron chi connectivity index (χ3n) is 6.77. The summed E-state index contributed by atoms with van der Waals surface area (Å²) < 4.78 is 29.0. The Bertz CT molecular complexity index is 1220. The number of sulfonamides is 1. The third-order valence-corrected chi connectivity index (χ3v) is 8.57. The quantitative estimate of drug-likeness (QED) is 0.617. The number of rotatable bonds is 2. The molecule has 0 radical (unpaired) electrons. The van der Waals surface area contributed by atoms with Crippen molar-refractivity contribution in [2.75, 3.05) is 16.2 Å². The molecule has 1 N–H and O–H groups in total. The predicted octanol–water partition coefficient (Wildman–Crippen LogP) is 5.26. The maximum atomic E-state index is 13.7. The van der Waals surface area contributed by atoms with E-state index in [4.69, 9.17) is 0 Å². The minimum Gasteiger partial charge on any atom is -0.378 e. The predicted molar refractivity (Wildman–Crippen MR) is 121 cm³/mol. The fraction of sp³-hybridized carbons (Fsp3) is 0.280. The highest BCUT2D eigenvalue weighted by Crippen LogP contribution is 2.53. The second-order valence-electron chi connectivity index (χ2n) is 8.90. The molecule has 30 heavy (non-hydrogen) atoms. The Morgan fingerprint density at radius 3 is 2.37 bits per heavy atom. The van der Waals surface area contributed by atoms with Crippen molar-refractivity contribution in [3.8, 4) is 0 Å². The van der Waals surface area contributed by atoms with Gasteiger partial charge in [0.1, 0.15) is 0 Å². The number of fused-ring (bicyclic) bond motifs is 4. The number of benzene rings is 3. The zero-order valence-corrected chi connectivity index (χ0v) is 18.3. The van der Waals surface area contributed by atoms with Gasteiger partial charge in [-0.3, -0.25) is 4.31 Å². The van der Waals surface area contributed by atoms with Crippen LogP contribution in [-0.2, 0) is 15.4 Å². The van der Waals surface area contributed by atoms with Crippen LogP contribution < -0.4 is 9.62 Å². The van der Waals surface area contributed by atoms with Crippen molar-refractivity contribution in [2.24, 2.45) is 5.92 Å². The van der Waals surface area contributed by atoms with Crippen LogP contribution >= 0.6 is 0 Å². The molecular weight excluding hydrogens is 392 g/mol. The second kappa shape index (κ2) is 6.61. The van der Waals surface area contributed by atoms with Crippen molar-refractivity contribution in [3.05, 3.63) is 89.5 Å². The summed E-state index contributed by atoms with van der Waals surface area (Å²) in [5.74, 6) is 0.0996. The van der Waals surface area contributed by atoms with Crippen molar-refractivity contribution in [2.45, 2.75) is 37.1 Å². The third kappa shape index (κ3) is 2.76. The second-order valence-corrected chi connectivity index (χ2v) is 10.8. The molecule has 0 bridgehead atoms. The Morgan fingerprint density at radius 1 is 0.933 bits per heavy atom. The molecule has 4 nitrogen and oxygen atoms in total. The van der Waals surface area contributed by atoms with Crippen LogP contribution in [-0.4, -0.2) is 15.0 Å². The minimum atomic E-state index is -3.66. The molecule has 2 aliphatic rings. The largest absolute Gasteiger partial charge is 0.378 e. The van der Waals surface area contributed by atoms with Crippen LogP contribution in [0.4, 0.5) is 11.4 Å². The van der Waals surface area contributed by atoms with Gasteiger partial charge >= 0.3 is 0 Å². The number of hydrogen-bond acceptors (Lipinski definition) is 3. The van der Waals surface area contributed by atoms with E-state index in [1.54, 1.807) is 16.4 Å². The van der Waals surface area contributed by atoms with Gasteiger partial charge in [-0.25, -0.2) is 8.42 Å². The molecule has 3 aromatic rings. The van der Waals surface area contributed by atoms with Gasteiger partial charge in [-0.15, -0.1) is 0 Å². The van der Waals surface area contributed by atoms with Gasteiger partial charge in [0.25, 0.3) is 10.0 Å². The molecule has 2 heterocycles. The molecule has 5 heteroatoms. The average molecular weight is 419 g/mol. The molecular formula is C25H26N2O2S. The van der Waals surface area contributed by atoms with E-state index in [0.29, 0.717) is 11.4 Å². The molecule has 5 rings (SSSR count). The summed E-state index contributed by atoms with van der Waals surface area (Å²) in [7, 11) is -3.66. The van der Waals surface area contributed by atoms with Crippen molar-refractivity contribution in [3.63, 3.8) is 0 Å². The fourth-order valence-corrected chi connectivity index (χ4v) is 6.52. The molecule has 3 aromatic carbocycles. The topological polar surface area (TPSA) is 49.4 Å². The first-order valence-corrected chi connectivity index (χ1v) is 11.8. The Morgan fingerprint density at radius 2 is 1.60 bits per heavy atom. The molecule has 0 aromatic heterocycles. The number of para-hydroxylation sites is 2. The Hall–Kier alpha value is -2.79. The number of nitrogens with zero attached hydrogens (tertiary/aromatic N) is 1. The van der Waals surface area contributed by atoms with Crippen molar-refractivity contribution in [1.29, 1.82) is 0 Å². The number of aryl methyl sites for hydroxylation is 1. The lowest BCUT2D eigenvalue weighted by atomic mass is 9.64. The van der Waals surface area contributed by atoms with Gasteiger partial charge < -0.3 is 5.32 Å². The van der Waals surface area contributed by atoms with E-state index < -0.39 is 10.0 Å². The summed E-state index contributed by atoms with van der Waals surface area (Å²) in [6.45, 7) is 6.86. The molecule has 2 atom stereocenters. The molecule has 2 aliphatic heterocycles. The van der Waals surface area contributed by atoms with Crippen LogP contribution in [0.3, 0.4) is 0 Å². The Balaban J connectivity index is 1.67. The summed E-state index contributed by atoms with van der Waals surface area (Å²) in [5.41, 5.74) is 5.03. The van der Waals surface area contributed by atoms with Gasteiger partial charge in [0.2, 0.25) is 0 Å². The smallest absolute Gasteiger partial charge is 0.264 e. The van der Waals surface area contributed by atoms with Crippen LogP contribution in [0, 0.1) is 12.8 Å². The number of nitrogens with one attached hydrogen (secondary N) is 1. The van der Waals surface area contributed by atoms with Gasteiger partial charge in [-0.1, -0.05) is 67.9 Å². The van der Waals surface area contributed by atoms with Crippen molar-refractivity contribution in [1.82, 2.24) is 0 Å². The van der Waals surface area contributed by atoms with E-state index in [9.17, 15) is 8.42 Å². The summed E-state index contributed by atoms with van der Waals surface area (Å²) in [6, 6.07) is 23.4. The van der Waals surface area contributed by atoms with E-state index in [-0.39, 0.29) is 17.4 Å². The summed E-state index contributed by atoms with van der Waals surface area (Å²) in [6.07, 6.45) is 0. The first-order chi connectivity index (χ1) is 14.3. The van der Waals surface area contributed by atoms with Crippen LogP contribution in [0.25, 0.3) is 0 Å². The number of hydrogen-bond donors (Lipinski definition) is 1. The lowest BCUT2D eigenvalue weighted by Crippen LogP contribution is -2.52. The molecule has 0 saturated carbocycles. The van der Waals surface area contributed by atoms with Crippen LogP contribution in [0.2, 0.25) is 0 Å². The van der Waals surface area contributed by atoms with Gasteiger partial charge in [-0.05, 0) is 47.7 Å². The molecule has 0 fully saturated rings. The van der Waals surface area contributed by atoms with E-state index >= 15 is 0 Å². The fourth-order valence-electron chi connectivity index (χ4n) is 5.00. The van der Waals surface area contributed by atoms with Gasteiger partial charge in [-0.2, -0.15) is 0 Å². The SMILES string of the molecule is Cc1ccc(S(=O)(=O)N2C[C@@H]3[C@H](Nc4ccccc4C3(C)C)c3ccccc32)cc1. The van der Waals surface area contributed by atoms with E-state index in [2.05, 4.69) is 43.4 Å². The molecule has 154 valence electrons. The van der Waals surface area contributed by atoms with E-state index in [1.807, 2.05) is 43.3 Å². The molecule has 0 spiro atoms. The van der Waals surface area contributed by atoms with E-state index in [0.717, 1.165) is 22.5 Å². The summed E-state index contributed by atoms with van der Waals surface area (Å²) >= 11 is 0. The highest BCUT2D eigenvalue weighted by molar-refractivity contribution is 7.92. The zero-order chi connectivity index (χ0) is 21.1. The minimum absolute atomic E-state index is 0.0653. The zero-order valence-electron chi connectivity index (χ0n) is 17.5. The summed E-state index contributed by atoms with van der Waals surface area (Å²) in [5, 5.41) is 3.71. The van der Waals surface area contributed by atoms with Gasteiger partial charge in [0.15, 0.2) is 0 Å². The Kier molecular flexibility index (Phi) is 4.23. The average Bonchev–Trinajstić information content (AvgIpc) is 2.74. The van der Waals surface area contributed by atoms with Gasteiger partial charge in [0, 0.05) is 18.2 Å². The standard InChI is InChI=1S/C25H26N2O2S/c1-17-12-14-18(15-13-17)30(28,29)27-16-21-24(19-8-4-7-11-23(19)27)26-22-10-6-5-9-20(22)25(21,2)3/h4-15,21,24,26H,16H2,1-3H3/t21-,24-/m1/s1. The van der Waals surface area contributed by atoms with Crippen LogP contribution in [0.5, 0.6) is 0 Å². The lowest BCUT2D eigenvalue weighted by molar-refractivity contribution is 0.269. The monoisotopic (exact) mass is 418 g/mol. The normalized spacial score (nSPS) is 21.8. The lowest BCUT2D eigenvalue weighted by Gasteiger charge is -2.51. The maximum Gasteiger partial charge on any atom is 0.264 e. The highest BCUT2D eigenvalue weighted by atomic mass is 32.2. The van der Waals surface area contributed by atoms with Crippen LogP contribution in [0.1, 0.15) is 36.6 Å². The highest BCUT2D eigenvalue weighted by Gasteiger charge is 2.49. The van der Waals surface area contributed by atoms with Crippen LogP contribution in [0.15, 0.2) is 77.7 Å². The molecule has 0 saturated heterocycles. The van der Waals surface area contributed by atoms with Gasteiger partial charge in [0.05, 0.1) is 16.6 Å². The van der Waals surface area contributed by atoms with Crippen molar-refractivity contribution >= 4 is 21.4 Å². The number of anilines is 2. The Labute approximate surface area is 178 Å². The molecule has 0 aliphatic carbocycles. The van der Waals surface area contributed by atoms with E-state index in [1.165, 1.54) is 5.56 Å². The molecule has 0 amide bonds. The first kappa shape index (κ1) is 19.2. The first-order valence-electron chi connectivity index (χ1n) is 10.3. The van der Waals surface area contributed by atoms with Crippen molar-refractivity contribution < 1.29 is 8.42 Å².